The number of nitrogens with one attached hydrogen (secondary N) is 1. The van der Waals surface area contributed by atoms with E-state index in [0.717, 1.165) is 24.5 Å². The van der Waals surface area contributed by atoms with E-state index >= 15 is 0 Å². The van der Waals surface area contributed by atoms with Gasteiger partial charge in [-0.3, -0.25) is 0 Å². The highest BCUT2D eigenvalue weighted by Crippen LogP contribution is 2.46. The summed E-state index contributed by atoms with van der Waals surface area (Å²) >= 11 is 6.07. The molecule has 1 saturated carbocycles. The van der Waals surface area contributed by atoms with E-state index in [0.29, 0.717) is 18.2 Å². The van der Waals surface area contributed by atoms with E-state index in [1.54, 1.807) is 0 Å². The average Bonchev–Trinajstić information content (AvgIpc) is 2.45. The van der Waals surface area contributed by atoms with E-state index in [4.69, 9.17) is 16.3 Å². The number of benzene rings is 1. The van der Waals surface area contributed by atoms with Crippen LogP contribution in [0.1, 0.15) is 52.1 Å². The predicted molar refractivity (Wildman–Crippen MR) is 85.2 cm³/mol. The number of hydrogen-bond donors (Lipinski definition) is 1. The molecule has 0 amide bonds. The fourth-order valence-corrected chi connectivity index (χ4v) is 3.38. The topological polar surface area (TPSA) is 21.3 Å². The summed E-state index contributed by atoms with van der Waals surface area (Å²) in [5.41, 5.74) is 1.49. The fourth-order valence-electron chi connectivity index (χ4n) is 3.18. The molecule has 0 bridgehead atoms. The summed E-state index contributed by atoms with van der Waals surface area (Å²) in [4.78, 5) is 0. The SMILES string of the molecule is CCOC1CC(N[C@@H](C)c2cccc(Cl)c2)C1(C)CC. The highest BCUT2D eigenvalue weighted by Gasteiger charge is 2.51. The lowest BCUT2D eigenvalue weighted by Crippen LogP contribution is -2.62. The largest absolute Gasteiger partial charge is 0.378 e. The van der Waals surface area contributed by atoms with Gasteiger partial charge in [-0.2, -0.15) is 0 Å². The Hall–Kier alpha value is -0.570. The molecular formula is C17H26ClNO. The monoisotopic (exact) mass is 295 g/mol. The Morgan fingerprint density at radius 2 is 2.20 bits per heavy atom. The van der Waals surface area contributed by atoms with Crippen LogP contribution >= 0.6 is 11.6 Å². The zero-order valence-electron chi connectivity index (χ0n) is 12.9. The van der Waals surface area contributed by atoms with Gasteiger partial charge in [-0.1, -0.05) is 37.6 Å². The van der Waals surface area contributed by atoms with E-state index in [1.807, 2.05) is 18.2 Å². The summed E-state index contributed by atoms with van der Waals surface area (Å²) in [5.74, 6) is 0. The third-order valence-electron chi connectivity index (χ3n) is 4.91. The second-order valence-electron chi connectivity index (χ2n) is 6.04. The van der Waals surface area contributed by atoms with Crippen LogP contribution in [0.25, 0.3) is 0 Å². The molecule has 0 aliphatic heterocycles. The average molecular weight is 296 g/mol. The molecule has 3 heteroatoms. The molecule has 20 heavy (non-hydrogen) atoms. The van der Waals surface area contributed by atoms with Gasteiger partial charge >= 0.3 is 0 Å². The van der Waals surface area contributed by atoms with Crippen LogP contribution in [0, 0.1) is 5.41 Å². The molecule has 112 valence electrons. The molecule has 0 saturated heterocycles. The van der Waals surface area contributed by atoms with Crippen molar-refractivity contribution in [2.75, 3.05) is 6.61 Å². The van der Waals surface area contributed by atoms with Crippen LogP contribution in [-0.2, 0) is 4.74 Å². The Morgan fingerprint density at radius 3 is 2.80 bits per heavy atom. The summed E-state index contributed by atoms with van der Waals surface area (Å²) in [7, 11) is 0. The Labute approximate surface area is 127 Å². The zero-order chi connectivity index (χ0) is 14.8. The Bertz CT molecular complexity index is 450. The molecule has 2 rings (SSSR count). The number of halogens is 1. The molecule has 0 aromatic heterocycles. The van der Waals surface area contributed by atoms with Gasteiger partial charge in [0.2, 0.25) is 0 Å². The molecule has 4 atom stereocenters. The summed E-state index contributed by atoms with van der Waals surface area (Å²) < 4.78 is 5.86. The van der Waals surface area contributed by atoms with Crippen molar-refractivity contribution < 1.29 is 4.74 Å². The maximum atomic E-state index is 6.07. The van der Waals surface area contributed by atoms with Crippen LogP contribution < -0.4 is 5.32 Å². The number of hydrogen-bond acceptors (Lipinski definition) is 2. The molecule has 2 nitrogen and oxygen atoms in total. The van der Waals surface area contributed by atoms with Crippen molar-refractivity contribution in [3.8, 4) is 0 Å². The van der Waals surface area contributed by atoms with Crippen molar-refractivity contribution in [3.63, 3.8) is 0 Å². The smallest absolute Gasteiger partial charge is 0.0658 e. The number of rotatable bonds is 6. The molecular weight excluding hydrogens is 270 g/mol. The summed E-state index contributed by atoms with van der Waals surface area (Å²) in [6.07, 6.45) is 2.63. The molecule has 1 aromatic carbocycles. The van der Waals surface area contributed by atoms with Gasteiger partial charge in [-0.05, 0) is 44.4 Å². The van der Waals surface area contributed by atoms with Gasteiger partial charge in [0.1, 0.15) is 0 Å². The third kappa shape index (κ3) is 3.03. The molecule has 3 unspecified atom stereocenters. The first kappa shape index (κ1) is 15.8. The summed E-state index contributed by atoms with van der Waals surface area (Å²) in [6.45, 7) is 9.67. The van der Waals surface area contributed by atoms with Crippen molar-refractivity contribution in [3.05, 3.63) is 34.9 Å². The van der Waals surface area contributed by atoms with Gasteiger partial charge in [-0.15, -0.1) is 0 Å². The maximum Gasteiger partial charge on any atom is 0.0658 e. The zero-order valence-corrected chi connectivity index (χ0v) is 13.7. The van der Waals surface area contributed by atoms with Gasteiger partial charge in [0.15, 0.2) is 0 Å². The second-order valence-corrected chi connectivity index (χ2v) is 6.47. The number of ether oxygens (including phenoxy) is 1. The van der Waals surface area contributed by atoms with Gasteiger partial charge in [0.05, 0.1) is 6.10 Å². The second kappa shape index (κ2) is 6.46. The lowest BCUT2D eigenvalue weighted by atomic mass is 9.61. The van der Waals surface area contributed by atoms with Crippen LogP contribution in [0.2, 0.25) is 5.02 Å². The Kier molecular flexibility index (Phi) is 5.11. The minimum atomic E-state index is 0.239. The van der Waals surface area contributed by atoms with Crippen LogP contribution in [0.5, 0.6) is 0 Å². The molecule has 0 spiro atoms. The molecule has 1 fully saturated rings. The normalized spacial score (nSPS) is 30.9. The molecule has 0 radical (unpaired) electrons. The minimum Gasteiger partial charge on any atom is -0.378 e. The molecule has 1 aromatic rings. The van der Waals surface area contributed by atoms with E-state index < -0.39 is 0 Å². The fraction of sp³-hybridized carbons (Fsp3) is 0.647. The van der Waals surface area contributed by atoms with E-state index in [1.165, 1.54) is 5.56 Å². The highest BCUT2D eigenvalue weighted by atomic mass is 35.5. The minimum absolute atomic E-state index is 0.239. The highest BCUT2D eigenvalue weighted by molar-refractivity contribution is 6.30. The lowest BCUT2D eigenvalue weighted by Gasteiger charge is -2.54. The van der Waals surface area contributed by atoms with Crippen molar-refractivity contribution in [2.45, 2.75) is 58.7 Å². The van der Waals surface area contributed by atoms with Crippen molar-refractivity contribution in [1.82, 2.24) is 5.32 Å². The predicted octanol–water partition coefficient (Wildman–Crippen LogP) is 4.58. The van der Waals surface area contributed by atoms with Crippen LogP contribution in [0.4, 0.5) is 0 Å². The van der Waals surface area contributed by atoms with Crippen LogP contribution in [0.15, 0.2) is 24.3 Å². The lowest BCUT2D eigenvalue weighted by molar-refractivity contribution is -0.127. The summed E-state index contributed by atoms with van der Waals surface area (Å²) in [6, 6.07) is 8.93. The molecule has 1 aliphatic carbocycles. The van der Waals surface area contributed by atoms with Crippen molar-refractivity contribution in [2.24, 2.45) is 5.41 Å². The van der Waals surface area contributed by atoms with Gasteiger partial charge in [0, 0.05) is 29.1 Å². The summed E-state index contributed by atoms with van der Waals surface area (Å²) in [5, 5.41) is 4.55. The van der Waals surface area contributed by atoms with E-state index in [-0.39, 0.29) is 5.41 Å². The maximum absolute atomic E-state index is 6.07. The molecule has 1 aliphatic rings. The first-order valence-electron chi connectivity index (χ1n) is 7.64. The third-order valence-corrected chi connectivity index (χ3v) is 5.15. The first-order chi connectivity index (χ1) is 9.51. The van der Waals surface area contributed by atoms with Gasteiger partial charge in [0.25, 0.3) is 0 Å². The van der Waals surface area contributed by atoms with Crippen molar-refractivity contribution in [1.29, 1.82) is 0 Å². The van der Waals surface area contributed by atoms with E-state index in [9.17, 15) is 0 Å². The van der Waals surface area contributed by atoms with Crippen LogP contribution in [0.3, 0.4) is 0 Å². The quantitative estimate of drug-likeness (QED) is 0.829. The Morgan fingerprint density at radius 1 is 1.45 bits per heavy atom. The standard InChI is InChI=1S/C17H26ClNO/c1-5-17(4)15(11-16(17)20-6-2)19-12(3)13-8-7-9-14(18)10-13/h7-10,12,15-16,19H,5-6,11H2,1-4H3/t12-,15?,16?,17?/m0/s1. The first-order valence-corrected chi connectivity index (χ1v) is 8.02. The Balaban J connectivity index is 2.00. The van der Waals surface area contributed by atoms with Crippen LogP contribution in [-0.4, -0.2) is 18.8 Å². The van der Waals surface area contributed by atoms with Crippen molar-refractivity contribution >= 4 is 11.6 Å². The molecule has 1 N–H and O–H groups in total. The van der Waals surface area contributed by atoms with Gasteiger partial charge < -0.3 is 10.1 Å². The molecule has 0 heterocycles. The van der Waals surface area contributed by atoms with E-state index in [2.05, 4.69) is 39.1 Å². The van der Waals surface area contributed by atoms with Gasteiger partial charge in [-0.25, -0.2) is 0 Å².